The summed E-state index contributed by atoms with van der Waals surface area (Å²) in [5.74, 6) is 0.532. The molecule has 4 aliphatic carbocycles. The Morgan fingerprint density at radius 3 is 2.06 bits per heavy atom. The van der Waals surface area contributed by atoms with E-state index in [2.05, 4.69) is 17.5 Å². The van der Waals surface area contributed by atoms with E-state index >= 15 is 0 Å². The third-order valence-corrected chi connectivity index (χ3v) is 7.97. The summed E-state index contributed by atoms with van der Waals surface area (Å²) in [6, 6.07) is 11.4. The number of hydrogen-bond donors (Lipinski definition) is 1. The molecule has 3 fully saturated rings. The Kier molecular flexibility index (Phi) is 4.11. The van der Waals surface area contributed by atoms with Crippen LogP contribution in [-0.2, 0) is 9.59 Å². The molecule has 7 rings (SSSR count). The van der Waals surface area contributed by atoms with E-state index in [1.807, 2.05) is 0 Å². The molecule has 1 saturated heterocycles. The molecule has 0 radical (unpaired) electrons. The fraction of sp³-hybridized carbons (Fsp3) is 0.292. The third kappa shape index (κ3) is 2.80. The van der Waals surface area contributed by atoms with Crippen molar-refractivity contribution in [3.8, 4) is 0 Å². The number of carbonyl (C=O) groups excluding carboxylic acids is 3. The normalized spacial score (nSPS) is 32.1. The Balaban J connectivity index is 1.22. The van der Waals surface area contributed by atoms with E-state index in [1.165, 1.54) is 4.90 Å². The number of hydrogen-bond acceptors (Lipinski definition) is 3. The molecule has 1 aliphatic heterocycles. The Labute approximate surface area is 189 Å². The molecule has 2 bridgehead atoms. The van der Waals surface area contributed by atoms with Gasteiger partial charge in [-0.3, -0.25) is 19.3 Å². The summed E-state index contributed by atoms with van der Waals surface area (Å²) in [5, 5.41) is 3.52. The summed E-state index contributed by atoms with van der Waals surface area (Å²) in [7, 11) is 0. The second kappa shape index (κ2) is 6.68. The van der Waals surface area contributed by atoms with Crippen molar-refractivity contribution < 1.29 is 14.4 Å². The molecule has 2 aromatic rings. The first-order valence-electron chi connectivity index (χ1n) is 10.4. The quantitative estimate of drug-likeness (QED) is 0.536. The molecule has 0 aromatic heterocycles. The number of benzene rings is 2. The summed E-state index contributed by atoms with van der Waals surface area (Å²) in [5.41, 5.74) is 1.46. The minimum atomic E-state index is -0.319. The van der Waals surface area contributed by atoms with Crippen molar-refractivity contribution in [2.24, 2.45) is 35.5 Å². The molecule has 3 amide bonds. The second-order valence-corrected chi connectivity index (χ2v) is 9.61. The van der Waals surface area contributed by atoms with Crippen molar-refractivity contribution in [3.05, 3.63) is 70.2 Å². The lowest BCUT2D eigenvalue weighted by molar-refractivity contribution is -0.124. The lowest BCUT2D eigenvalue weighted by Crippen LogP contribution is -2.40. The van der Waals surface area contributed by atoms with Gasteiger partial charge in [-0.15, -0.1) is 0 Å². The number of rotatable bonds is 3. The van der Waals surface area contributed by atoms with Crippen LogP contribution in [0.5, 0.6) is 0 Å². The first-order chi connectivity index (χ1) is 14.9. The second-order valence-electron chi connectivity index (χ2n) is 8.80. The van der Waals surface area contributed by atoms with Gasteiger partial charge in [-0.25, -0.2) is 0 Å². The smallest absolute Gasteiger partial charge is 0.255 e. The summed E-state index contributed by atoms with van der Waals surface area (Å²) in [6.07, 6.45) is 5.45. The van der Waals surface area contributed by atoms with Crippen molar-refractivity contribution in [1.29, 1.82) is 0 Å². The number of carbonyl (C=O) groups is 3. The van der Waals surface area contributed by atoms with Crippen LogP contribution in [-0.4, -0.2) is 17.7 Å². The molecular formula is C24H18Cl2N2O3. The molecule has 6 atom stereocenters. The summed E-state index contributed by atoms with van der Waals surface area (Å²) in [6.45, 7) is 0. The van der Waals surface area contributed by atoms with Crippen molar-refractivity contribution in [2.75, 3.05) is 10.2 Å². The third-order valence-electron chi connectivity index (χ3n) is 7.23. The maximum Gasteiger partial charge on any atom is 0.255 e. The maximum absolute atomic E-state index is 13.2. The average Bonchev–Trinajstić information content (AvgIpc) is 3.54. The summed E-state index contributed by atoms with van der Waals surface area (Å²) >= 11 is 11.9. The number of nitrogens with one attached hydrogen (secondary N) is 1. The van der Waals surface area contributed by atoms with E-state index in [0.717, 1.165) is 6.42 Å². The number of amides is 3. The molecule has 5 aliphatic rings. The predicted molar refractivity (Wildman–Crippen MR) is 118 cm³/mol. The van der Waals surface area contributed by atoms with Crippen LogP contribution in [0.3, 0.4) is 0 Å². The molecule has 31 heavy (non-hydrogen) atoms. The van der Waals surface area contributed by atoms with E-state index in [1.54, 1.807) is 42.5 Å². The molecule has 2 saturated carbocycles. The number of allylic oxidation sites excluding steroid dienone is 2. The van der Waals surface area contributed by atoms with Gasteiger partial charge in [0.2, 0.25) is 11.8 Å². The van der Waals surface area contributed by atoms with Crippen LogP contribution < -0.4 is 10.2 Å². The van der Waals surface area contributed by atoms with Crippen LogP contribution in [0.15, 0.2) is 54.6 Å². The number of anilines is 2. The fourth-order valence-electron chi connectivity index (χ4n) is 5.75. The van der Waals surface area contributed by atoms with Crippen LogP contribution in [0.4, 0.5) is 11.4 Å². The van der Waals surface area contributed by atoms with Gasteiger partial charge in [0, 0.05) is 11.3 Å². The SMILES string of the molecule is O=C(Nc1ccc(Cl)c(Cl)c1)c1ccc(N2C(=O)[C@@H]3[C@H]4C=C[C@@H]([C@@H]5C[C@@H]45)[C@H]3C2=O)cc1. The molecule has 0 spiro atoms. The first kappa shape index (κ1) is 19.1. The molecular weight excluding hydrogens is 435 g/mol. The van der Waals surface area contributed by atoms with Gasteiger partial charge in [0.15, 0.2) is 0 Å². The van der Waals surface area contributed by atoms with Gasteiger partial charge in [0.05, 0.1) is 27.6 Å². The van der Waals surface area contributed by atoms with Gasteiger partial charge in [-0.2, -0.15) is 0 Å². The van der Waals surface area contributed by atoms with E-state index in [9.17, 15) is 14.4 Å². The van der Waals surface area contributed by atoms with Gasteiger partial charge in [0.1, 0.15) is 0 Å². The molecule has 7 heteroatoms. The lowest BCUT2D eigenvalue weighted by atomic mass is 9.63. The van der Waals surface area contributed by atoms with Crippen LogP contribution in [0.25, 0.3) is 0 Å². The van der Waals surface area contributed by atoms with Gasteiger partial charge >= 0.3 is 0 Å². The van der Waals surface area contributed by atoms with Gasteiger partial charge in [-0.05, 0) is 72.6 Å². The predicted octanol–water partition coefficient (Wildman–Crippen LogP) is 4.80. The van der Waals surface area contributed by atoms with Gasteiger partial charge < -0.3 is 5.32 Å². The highest BCUT2D eigenvalue weighted by Gasteiger charge is 2.67. The van der Waals surface area contributed by atoms with Crippen molar-refractivity contribution in [2.45, 2.75) is 6.42 Å². The zero-order valence-electron chi connectivity index (χ0n) is 16.3. The number of imide groups is 1. The molecule has 156 valence electrons. The molecule has 5 nitrogen and oxygen atoms in total. The molecule has 1 heterocycles. The van der Waals surface area contributed by atoms with Crippen molar-refractivity contribution >= 4 is 52.3 Å². The Bertz CT molecular complexity index is 1140. The number of nitrogens with zero attached hydrogens (tertiary/aromatic N) is 1. The lowest BCUT2D eigenvalue weighted by Gasteiger charge is -2.37. The molecule has 1 N–H and O–H groups in total. The zero-order chi connectivity index (χ0) is 21.4. The summed E-state index contributed by atoms with van der Waals surface area (Å²) in [4.78, 5) is 40.3. The fourth-order valence-corrected chi connectivity index (χ4v) is 6.05. The maximum atomic E-state index is 13.2. The van der Waals surface area contributed by atoms with Crippen LogP contribution in [0.2, 0.25) is 10.0 Å². The van der Waals surface area contributed by atoms with Crippen molar-refractivity contribution in [3.63, 3.8) is 0 Å². The standard InChI is InChI=1S/C24H18Cl2N2O3/c25-18-8-3-12(9-19(18)26)27-22(29)11-1-4-13(5-2-11)28-23(30)20-14-6-7-15(17-10-16(14)17)21(20)24(28)31/h1-9,14-17,20-21H,10H2,(H,27,29)/t14-,15-,16-,17-,20+,21+/m0/s1. The Morgan fingerprint density at radius 2 is 1.48 bits per heavy atom. The van der Waals surface area contributed by atoms with Gasteiger partial charge in [0.25, 0.3) is 5.91 Å². The van der Waals surface area contributed by atoms with Crippen LogP contribution >= 0.6 is 23.2 Å². The molecule has 0 unspecified atom stereocenters. The average molecular weight is 453 g/mol. The van der Waals surface area contributed by atoms with Crippen LogP contribution in [0.1, 0.15) is 16.8 Å². The summed E-state index contributed by atoms with van der Waals surface area (Å²) < 4.78 is 0. The largest absolute Gasteiger partial charge is 0.322 e. The van der Waals surface area contributed by atoms with E-state index in [-0.39, 0.29) is 41.4 Å². The molecule has 2 aromatic carbocycles. The highest BCUT2D eigenvalue weighted by molar-refractivity contribution is 6.42. The number of halogens is 2. The first-order valence-corrected chi connectivity index (χ1v) is 11.1. The van der Waals surface area contributed by atoms with Gasteiger partial charge in [-0.1, -0.05) is 35.4 Å². The Morgan fingerprint density at radius 1 is 0.871 bits per heavy atom. The van der Waals surface area contributed by atoms with E-state index < -0.39 is 0 Å². The van der Waals surface area contributed by atoms with Crippen LogP contribution in [0, 0.1) is 35.5 Å². The highest BCUT2D eigenvalue weighted by Crippen LogP contribution is 2.65. The monoisotopic (exact) mass is 452 g/mol. The van der Waals surface area contributed by atoms with E-state index in [4.69, 9.17) is 23.2 Å². The topological polar surface area (TPSA) is 66.5 Å². The van der Waals surface area contributed by atoms with E-state index in [0.29, 0.717) is 38.8 Å². The Hall–Kier alpha value is -2.63. The minimum absolute atomic E-state index is 0.104. The highest BCUT2D eigenvalue weighted by atomic mass is 35.5. The van der Waals surface area contributed by atoms with Crippen molar-refractivity contribution in [1.82, 2.24) is 0 Å². The minimum Gasteiger partial charge on any atom is -0.322 e. The zero-order valence-corrected chi connectivity index (χ0v) is 17.8.